The Hall–Kier alpha value is -1.71. The van der Waals surface area contributed by atoms with Crippen molar-refractivity contribution < 1.29 is 9.53 Å². The maximum absolute atomic E-state index is 10.9. The molecular weight excluding hydrogens is 168 g/mol. The van der Waals surface area contributed by atoms with Crippen molar-refractivity contribution in [1.29, 1.82) is 0 Å². The third kappa shape index (κ3) is 2.37. The summed E-state index contributed by atoms with van der Waals surface area (Å²) in [5.41, 5.74) is 12.0. The molecule has 1 rings (SSSR count). The average Bonchev–Trinajstić information content (AvgIpc) is 2.09. The Morgan fingerprint density at radius 1 is 1.46 bits per heavy atom. The van der Waals surface area contributed by atoms with Gasteiger partial charge in [0, 0.05) is 12.1 Å². The maximum Gasteiger partial charge on any atom is 0.310 e. The molecule has 0 aliphatic carbocycles. The molecule has 1 aromatic carbocycles. The molecule has 0 spiro atoms. The molecule has 4 N–H and O–H groups in total. The molecule has 0 aromatic heterocycles. The Labute approximate surface area is 76.5 Å². The minimum absolute atomic E-state index is 0.309. The molecule has 0 saturated heterocycles. The first kappa shape index (κ1) is 9.38. The normalized spacial score (nSPS) is 9.62. The standard InChI is InChI=1S/C9H12N2O2/c1-2-9(12)13-8-4-3-6(10)5-7(8)11/h3-5H,2,10-11H2,1H3. The van der Waals surface area contributed by atoms with Gasteiger partial charge in [-0.2, -0.15) is 0 Å². The van der Waals surface area contributed by atoms with Gasteiger partial charge >= 0.3 is 5.97 Å². The van der Waals surface area contributed by atoms with Crippen molar-refractivity contribution in [2.24, 2.45) is 0 Å². The second-order valence-corrected chi connectivity index (χ2v) is 2.62. The summed E-state index contributed by atoms with van der Waals surface area (Å²) in [6.45, 7) is 1.72. The molecule has 0 fully saturated rings. The van der Waals surface area contributed by atoms with E-state index in [-0.39, 0.29) is 5.97 Å². The summed E-state index contributed by atoms with van der Waals surface area (Å²) in [6, 6.07) is 4.77. The molecule has 0 unspecified atom stereocenters. The molecule has 0 saturated carbocycles. The number of hydrogen-bond acceptors (Lipinski definition) is 4. The van der Waals surface area contributed by atoms with Crippen molar-refractivity contribution in [1.82, 2.24) is 0 Å². The van der Waals surface area contributed by atoms with Crippen molar-refractivity contribution >= 4 is 17.3 Å². The van der Waals surface area contributed by atoms with Gasteiger partial charge in [-0.15, -0.1) is 0 Å². The lowest BCUT2D eigenvalue weighted by Gasteiger charge is -2.05. The van der Waals surface area contributed by atoms with Crippen molar-refractivity contribution in [3.63, 3.8) is 0 Å². The average molecular weight is 180 g/mol. The van der Waals surface area contributed by atoms with Crippen LogP contribution in [0.3, 0.4) is 0 Å². The summed E-state index contributed by atoms with van der Waals surface area (Å²) in [5, 5.41) is 0. The quantitative estimate of drug-likeness (QED) is 0.406. The van der Waals surface area contributed by atoms with Gasteiger partial charge in [0.05, 0.1) is 5.69 Å². The van der Waals surface area contributed by atoms with Crippen molar-refractivity contribution in [3.05, 3.63) is 18.2 Å². The van der Waals surface area contributed by atoms with Crippen LogP contribution in [0.4, 0.5) is 11.4 Å². The fourth-order valence-electron chi connectivity index (χ4n) is 0.855. The van der Waals surface area contributed by atoms with Gasteiger partial charge in [-0.25, -0.2) is 0 Å². The predicted molar refractivity (Wildman–Crippen MR) is 51.2 cm³/mol. The topological polar surface area (TPSA) is 78.3 Å². The first-order valence-electron chi connectivity index (χ1n) is 3.99. The zero-order valence-electron chi connectivity index (χ0n) is 7.41. The van der Waals surface area contributed by atoms with Crippen molar-refractivity contribution in [3.8, 4) is 5.75 Å². The maximum atomic E-state index is 10.9. The van der Waals surface area contributed by atoms with E-state index in [1.807, 2.05) is 0 Å². The van der Waals surface area contributed by atoms with Crippen LogP contribution in [-0.2, 0) is 4.79 Å². The van der Waals surface area contributed by atoms with E-state index < -0.39 is 0 Å². The van der Waals surface area contributed by atoms with Crippen LogP contribution in [0.25, 0.3) is 0 Å². The highest BCUT2D eigenvalue weighted by molar-refractivity contribution is 5.75. The minimum Gasteiger partial charge on any atom is -0.424 e. The Bertz CT molecular complexity index is 323. The molecule has 0 aliphatic rings. The SMILES string of the molecule is CCC(=O)Oc1ccc(N)cc1N. The molecule has 0 heterocycles. The number of anilines is 2. The molecular formula is C9H12N2O2. The van der Waals surface area contributed by atoms with Gasteiger partial charge in [0.1, 0.15) is 0 Å². The van der Waals surface area contributed by atoms with Gasteiger partial charge in [0.25, 0.3) is 0 Å². The van der Waals surface area contributed by atoms with Gasteiger partial charge in [0.15, 0.2) is 5.75 Å². The highest BCUT2D eigenvalue weighted by Gasteiger charge is 2.04. The largest absolute Gasteiger partial charge is 0.424 e. The zero-order valence-corrected chi connectivity index (χ0v) is 7.41. The molecule has 0 bridgehead atoms. The molecule has 1 aromatic rings. The Morgan fingerprint density at radius 3 is 2.69 bits per heavy atom. The predicted octanol–water partition coefficient (Wildman–Crippen LogP) is 1.17. The third-order valence-corrected chi connectivity index (χ3v) is 1.55. The van der Waals surface area contributed by atoms with Gasteiger partial charge in [-0.3, -0.25) is 4.79 Å². The molecule has 70 valence electrons. The molecule has 0 aliphatic heterocycles. The van der Waals surface area contributed by atoms with E-state index in [2.05, 4.69) is 0 Å². The lowest BCUT2D eigenvalue weighted by molar-refractivity contribution is -0.133. The number of esters is 1. The molecule has 4 nitrogen and oxygen atoms in total. The van der Waals surface area contributed by atoms with E-state index in [0.29, 0.717) is 23.5 Å². The van der Waals surface area contributed by atoms with Crippen LogP contribution in [-0.4, -0.2) is 5.97 Å². The Morgan fingerprint density at radius 2 is 2.15 bits per heavy atom. The first-order chi connectivity index (χ1) is 6.13. The lowest BCUT2D eigenvalue weighted by Crippen LogP contribution is -2.07. The van der Waals surface area contributed by atoms with Crippen LogP contribution < -0.4 is 16.2 Å². The summed E-state index contributed by atoms with van der Waals surface area (Å²) in [7, 11) is 0. The molecule has 0 atom stereocenters. The fourth-order valence-corrected chi connectivity index (χ4v) is 0.855. The van der Waals surface area contributed by atoms with Crippen LogP contribution in [0.1, 0.15) is 13.3 Å². The Balaban J connectivity index is 2.83. The van der Waals surface area contributed by atoms with E-state index in [1.165, 1.54) is 0 Å². The number of carbonyl (C=O) groups excluding carboxylic acids is 1. The smallest absolute Gasteiger partial charge is 0.310 e. The van der Waals surface area contributed by atoms with Crippen molar-refractivity contribution in [2.75, 3.05) is 11.5 Å². The number of rotatable bonds is 2. The van der Waals surface area contributed by atoms with Crippen LogP contribution in [0.15, 0.2) is 18.2 Å². The van der Waals surface area contributed by atoms with Gasteiger partial charge in [-0.1, -0.05) is 6.92 Å². The van der Waals surface area contributed by atoms with Gasteiger partial charge in [0.2, 0.25) is 0 Å². The van der Waals surface area contributed by atoms with E-state index >= 15 is 0 Å². The number of benzene rings is 1. The number of nitrogen functional groups attached to an aromatic ring is 2. The van der Waals surface area contributed by atoms with Gasteiger partial charge in [-0.05, 0) is 18.2 Å². The molecule has 0 radical (unpaired) electrons. The third-order valence-electron chi connectivity index (χ3n) is 1.55. The highest BCUT2D eigenvalue weighted by atomic mass is 16.5. The monoisotopic (exact) mass is 180 g/mol. The lowest BCUT2D eigenvalue weighted by atomic mass is 10.2. The summed E-state index contributed by atoms with van der Waals surface area (Å²) >= 11 is 0. The second kappa shape index (κ2) is 3.80. The molecule has 4 heteroatoms. The van der Waals surface area contributed by atoms with Crippen LogP contribution in [0.2, 0.25) is 0 Å². The van der Waals surface area contributed by atoms with E-state index in [1.54, 1.807) is 25.1 Å². The summed E-state index contributed by atoms with van der Waals surface area (Å²) in [6.07, 6.45) is 0.323. The second-order valence-electron chi connectivity index (χ2n) is 2.62. The van der Waals surface area contributed by atoms with Crippen LogP contribution in [0, 0.1) is 0 Å². The Kier molecular flexibility index (Phi) is 2.74. The minimum atomic E-state index is -0.309. The van der Waals surface area contributed by atoms with E-state index in [0.717, 1.165) is 0 Å². The number of carbonyl (C=O) groups is 1. The number of nitrogens with two attached hydrogens (primary N) is 2. The van der Waals surface area contributed by atoms with Crippen LogP contribution >= 0.6 is 0 Å². The first-order valence-corrected chi connectivity index (χ1v) is 3.99. The number of ether oxygens (including phenoxy) is 1. The summed E-state index contributed by atoms with van der Waals surface area (Å²) < 4.78 is 4.93. The summed E-state index contributed by atoms with van der Waals surface area (Å²) in [5.74, 6) is 0.0533. The van der Waals surface area contributed by atoms with Crippen LogP contribution in [0.5, 0.6) is 5.75 Å². The fraction of sp³-hybridized carbons (Fsp3) is 0.222. The van der Waals surface area contributed by atoms with Gasteiger partial charge < -0.3 is 16.2 Å². The molecule has 0 amide bonds. The molecule has 13 heavy (non-hydrogen) atoms. The van der Waals surface area contributed by atoms with Crippen molar-refractivity contribution in [2.45, 2.75) is 13.3 Å². The van der Waals surface area contributed by atoms with E-state index in [4.69, 9.17) is 16.2 Å². The highest BCUT2D eigenvalue weighted by Crippen LogP contribution is 2.23. The zero-order chi connectivity index (χ0) is 9.84. The van der Waals surface area contributed by atoms with E-state index in [9.17, 15) is 4.79 Å². The summed E-state index contributed by atoms with van der Waals surface area (Å²) in [4.78, 5) is 10.9. The number of hydrogen-bond donors (Lipinski definition) is 2.